The van der Waals surface area contributed by atoms with E-state index in [1.54, 1.807) is 0 Å². The average molecular weight is 701 g/mol. The number of nitrogens with zero attached hydrogens (tertiary/aromatic N) is 5. The molecule has 11 heteroatoms. The van der Waals surface area contributed by atoms with Crippen LogP contribution in [0.5, 0.6) is 11.5 Å². The van der Waals surface area contributed by atoms with Gasteiger partial charge in [-0.2, -0.15) is 5.10 Å². The number of carbonyl (C=O) groups excluding carboxylic acids is 2. The first-order chi connectivity index (χ1) is 25.3. The van der Waals surface area contributed by atoms with Crippen molar-refractivity contribution in [1.82, 2.24) is 30.0 Å². The van der Waals surface area contributed by atoms with E-state index in [9.17, 15) is 9.59 Å². The van der Waals surface area contributed by atoms with Crippen LogP contribution >= 0.6 is 0 Å². The second-order valence-corrected chi connectivity index (χ2v) is 16.1. The van der Waals surface area contributed by atoms with Crippen LogP contribution in [0.2, 0.25) is 0 Å². The Labute approximate surface area is 304 Å². The molecule has 0 radical (unpaired) electrons. The Balaban J connectivity index is 0.831. The number of amides is 2. The number of anilines is 2. The number of benzene rings is 2. The van der Waals surface area contributed by atoms with Crippen LogP contribution in [0.25, 0.3) is 22.3 Å². The van der Waals surface area contributed by atoms with Gasteiger partial charge in [-0.1, -0.05) is 31.7 Å². The van der Waals surface area contributed by atoms with Gasteiger partial charge >= 0.3 is 0 Å². The lowest BCUT2D eigenvalue weighted by molar-refractivity contribution is -0.433. The number of ether oxygens (including phenoxy) is 1. The minimum atomic E-state index is -0.355. The highest BCUT2D eigenvalue weighted by atomic mass is 16.5. The molecule has 270 valence electrons. The number of carbonyl (C=O) groups is 2. The third-order valence-electron chi connectivity index (χ3n) is 13.7. The number of hydrogen-bond donors (Lipinski definition) is 3. The summed E-state index contributed by atoms with van der Waals surface area (Å²) in [6, 6.07) is 15.1. The zero-order valence-electron chi connectivity index (χ0n) is 29.9. The topological polar surface area (TPSA) is 140 Å². The summed E-state index contributed by atoms with van der Waals surface area (Å²) in [5.74, 6) is 4.49. The van der Waals surface area contributed by atoms with Gasteiger partial charge < -0.3 is 26.0 Å². The molecule has 4 aliphatic carbocycles. The summed E-state index contributed by atoms with van der Waals surface area (Å²) in [5, 5.41) is 11.9. The van der Waals surface area contributed by atoms with E-state index in [2.05, 4.69) is 39.0 Å². The van der Waals surface area contributed by atoms with Gasteiger partial charge in [0.05, 0.1) is 17.1 Å². The van der Waals surface area contributed by atoms with Crippen molar-refractivity contribution >= 4 is 34.4 Å². The molecule has 9 rings (SSSR count). The van der Waals surface area contributed by atoms with Gasteiger partial charge in [-0.05, 0) is 116 Å². The van der Waals surface area contributed by atoms with E-state index < -0.39 is 0 Å². The quantitative estimate of drug-likeness (QED) is 0.133. The Morgan fingerprint density at radius 2 is 1.85 bits per heavy atom. The van der Waals surface area contributed by atoms with Crippen LogP contribution in [0, 0.1) is 34.5 Å². The fraction of sp³-hybridized carbons (Fsp3) is 0.488. The van der Waals surface area contributed by atoms with Gasteiger partial charge in [-0.3, -0.25) is 9.59 Å². The van der Waals surface area contributed by atoms with Crippen molar-refractivity contribution in [3.8, 4) is 22.8 Å². The molecule has 3 atom stereocenters. The molecule has 2 aromatic carbocycles. The maximum absolute atomic E-state index is 13.0. The fourth-order valence-electron chi connectivity index (χ4n) is 11.2. The summed E-state index contributed by atoms with van der Waals surface area (Å²) in [6.07, 6.45) is 12.6. The highest BCUT2D eigenvalue weighted by Crippen LogP contribution is 2.93. The van der Waals surface area contributed by atoms with E-state index >= 15 is 0 Å². The number of piperidine rings is 1. The average Bonchev–Trinajstić information content (AvgIpc) is 3.52. The van der Waals surface area contributed by atoms with Crippen LogP contribution in [-0.2, 0) is 9.59 Å². The van der Waals surface area contributed by atoms with E-state index in [1.165, 1.54) is 44.5 Å². The fourth-order valence-corrected chi connectivity index (χ4v) is 11.2. The summed E-state index contributed by atoms with van der Waals surface area (Å²) in [5.41, 5.74) is 10.4. The minimum absolute atomic E-state index is 0.0758. The molecule has 4 saturated carbocycles. The van der Waals surface area contributed by atoms with Crippen molar-refractivity contribution in [3.05, 3.63) is 67.5 Å². The lowest BCUT2D eigenvalue weighted by Gasteiger charge is -2.92. The van der Waals surface area contributed by atoms with E-state index in [-0.39, 0.29) is 23.8 Å². The summed E-state index contributed by atoms with van der Waals surface area (Å²) in [7, 11) is 0. The van der Waals surface area contributed by atoms with Gasteiger partial charge in [-0.25, -0.2) is 14.6 Å². The van der Waals surface area contributed by atoms with Crippen LogP contribution in [0.4, 0.5) is 11.5 Å². The molecule has 2 unspecified atom stereocenters. The van der Waals surface area contributed by atoms with Gasteiger partial charge in [0.2, 0.25) is 11.8 Å². The standard InChI is InChI=1S/C41H48N8O3/c1-3-34(50)46-32-19-26(9-10-33(32)52-31-7-5-4-6-8-31)36-35-37(42)44-24-45-38(35)49(47-36)30-12-16-48(17-13-30)18-15-43-39(51)25(2)11-14-40-22-28-20-27-21-29(23-40)41(27,28)40/h3-10,19,24-25,27-30H,1,11-18,20-23H2,2H3,(H,43,51)(H,46,50)(H2,42,44,45)/t25-,27?,28?,29?,40?,41?/m1/s1. The number of nitrogens with one attached hydrogen (secondary N) is 2. The predicted molar refractivity (Wildman–Crippen MR) is 200 cm³/mol. The molecule has 1 aliphatic heterocycles. The molecule has 1 spiro atoms. The highest BCUT2D eigenvalue weighted by molar-refractivity contribution is 6.02. The first kappa shape index (κ1) is 33.1. The highest BCUT2D eigenvalue weighted by Gasteiger charge is 2.86. The second-order valence-electron chi connectivity index (χ2n) is 16.1. The molecule has 4 aromatic rings. The third-order valence-corrected chi connectivity index (χ3v) is 13.7. The second kappa shape index (κ2) is 12.7. The van der Waals surface area contributed by atoms with Crippen LogP contribution < -0.4 is 21.1 Å². The lowest BCUT2D eigenvalue weighted by atomic mass is 9.13. The molecule has 11 nitrogen and oxygen atoms in total. The third kappa shape index (κ3) is 5.14. The van der Waals surface area contributed by atoms with Gasteiger partial charge in [-0.15, -0.1) is 0 Å². The Kier molecular flexibility index (Phi) is 8.09. The van der Waals surface area contributed by atoms with Crippen molar-refractivity contribution < 1.29 is 14.3 Å². The number of hydrogen-bond acceptors (Lipinski definition) is 8. The number of nitrogen functional groups attached to an aromatic ring is 1. The normalized spacial score (nSPS) is 27.8. The van der Waals surface area contributed by atoms with Gasteiger partial charge in [0, 0.05) is 37.7 Å². The Morgan fingerprint density at radius 3 is 2.56 bits per heavy atom. The molecular formula is C41H48N8O3. The van der Waals surface area contributed by atoms with Crippen molar-refractivity contribution in [2.24, 2.45) is 34.5 Å². The summed E-state index contributed by atoms with van der Waals surface area (Å²) in [4.78, 5) is 36.8. The number of likely N-dealkylation sites (tertiary alicyclic amines) is 1. The number of fused-ring (bicyclic) bond motifs is 1. The molecule has 0 bridgehead atoms. The Morgan fingerprint density at radius 1 is 1.08 bits per heavy atom. The molecule has 3 heterocycles. The molecular weight excluding hydrogens is 653 g/mol. The summed E-state index contributed by atoms with van der Waals surface area (Å²) >= 11 is 0. The Bertz CT molecular complexity index is 2010. The van der Waals surface area contributed by atoms with E-state index in [1.807, 2.05) is 53.2 Å². The monoisotopic (exact) mass is 700 g/mol. The molecule has 1 saturated heterocycles. The molecule has 52 heavy (non-hydrogen) atoms. The van der Waals surface area contributed by atoms with E-state index in [0.717, 1.165) is 67.6 Å². The SMILES string of the molecule is C=CC(=O)Nc1cc(-c2nn(C3CCN(CCNC(=O)[C@H](C)CCC45CC6CC7CC(C4)C765)CC3)c3ncnc(N)c23)ccc1Oc1ccccc1. The van der Waals surface area contributed by atoms with Crippen molar-refractivity contribution in [2.45, 2.75) is 64.3 Å². The minimum Gasteiger partial charge on any atom is -0.455 e. The van der Waals surface area contributed by atoms with Gasteiger partial charge in [0.15, 0.2) is 11.4 Å². The number of para-hydroxylation sites is 1. The Hall–Kier alpha value is -4.77. The maximum Gasteiger partial charge on any atom is 0.247 e. The lowest BCUT2D eigenvalue weighted by Crippen LogP contribution is -2.85. The molecule has 5 aliphatic rings. The molecule has 5 fully saturated rings. The van der Waals surface area contributed by atoms with Crippen LogP contribution in [-0.4, -0.2) is 62.6 Å². The summed E-state index contributed by atoms with van der Waals surface area (Å²) in [6.45, 7) is 9.01. The molecule has 2 amide bonds. The van der Waals surface area contributed by atoms with Crippen LogP contribution in [0.1, 0.15) is 64.3 Å². The zero-order valence-corrected chi connectivity index (χ0v) is 29.9. The maximum atomic E-state index is 13.0. The number of rotatable bonds is 13. The number of nitrogens with two attached hydrogens (primary N) is 1. The van der Waals surface area contributed by atoms with Gasteiger partial charge in [0.25, 0.3) is 0 Å². The van der Waals surface area contributed by atoms with Crippen molar-refractivity contribution in [1.29, 1.82) is 0 Å². The largest absolute Gasteiger partial charge is 0.455 e. The van der Waals surface area contributed by atoms with Gasteiger partial charge in [0.1, 0.15) is 23.6 Å². The van der Waals surface area contributed by atoms with Crippen LogP contribution in [0.3, 0.4) is 0 Å². The van der Waals surface area contributed by atoms with Crippen molar-refractivity contribution in [2.75, 3.05) is 37.2 Å². The molecule has 4 N–H and O–H groups in total. The van der Waals surface area contributed by atoms with E-state index in [0.29, 0.717) is 51.7 Å². The number of aromatic nitrogens is 4. The predicted octanol–water partition coefficient (Wildman–Crippen LogP) is 6.60. The molecule has 2 aromatic heterocycles. The zero-order chi connectivity index (χ0) is 35.6. The first-order valence-corrected chi connectivity index (χ1v) is 19.1. The first-order valence-electron chi connectivity index (χ1n) is 19.1. The van der Waals surface area contributed by atoms with E-state index in [4.69, 9.17) is 15.6 Å². The summed E-state index contributed by atoms with van der Waals surface area (Å²) < 4.78 is 8.11. The van der Waals surface area contributed by atoms with Crippen molar-refractivity contribution in [3.63, 3.8) is 0 Å². The smallest absolute Gasteiger partial charge is 0.247 e. The van der Waals surface area contributed by atoms with Crippen LogP contribution in [0.15, 0.2) is 67.5 Å².